The van der Waals surface area contributed by atoms with Gasteiger partial charge in [0.2, 0.25) is 0 Å². The molecular weight excluding hydrogens is 348 g/mol. The van der Waals surface area contributed by atoms with Gasteiger partial charge < -0.3 is 5.32 Å². The number of hydrogen-bond acceptors (Lipinski definition) is 3. The van der Waals surface area contributed by atoms with Crippen LogP contribution in [0.3, 0.4) is 0 Å². The van der Waals surface area contributed by atoms with E-state index in [1.807, 2.05) is 13.8 Å². The van der Waals surface area contributed by atoms with Crippen molar-refractivity contribution < 1.29 is 9.72 Å². The lowest BCUT2D eigenvalue weighted by atomic mass is 9.95. The summed E-state index contributed by atoms with van der Waals surface area (Å²) in [4.78, 5) is 22.5. The van der Waals surface area contributed by atoms with Crippen LogP contribution in [-0.4, -0.2) is 21.7 Å². The molecule has 20 heavy (non-hydrogen) atoms. The van der Waals surface area contributed by atoms with Crippen LogP contribution in [0.2, 0.25) is 5.02 Å². The van der Waals surface area contributed by atoms with Crippen molar-refractivity contribution in [2.24, 2.45) is 0 Å². The van der Waals surface area contributed by atoms with Crippen LogP contribution < -0.4 is 5.32 Å². The molecule has 0 unspecified atom stereocenters. The first-order valence-corrected chi connectivity index (χ1v) is 7.71. The van der Waals surface area contributed by atoms with Gasteiger partial charge in [-0.15, -0.1) is 0 Å². The highest BCUT2D eigenvalue weighted by atomic mass is 79.9. The van der Waals surface area contributed by atoms with E-state index in [9.17, 15) is 14.9 Å². The van der Waals surface area contributed by atoms with E-state index >= 15 is 0 Å². The molecule has 0 atom stereocenters. The predicted octanol–water partition coefficient (Wildman–Crippen LogP) is 3.93. The van der Waals surface area contributed by atoms with E-state index in [1.54, 1.807) is 0 Å². The second kappa shape index (κ2) is 7.04. The fraction of sp³-hybridized carbons (Fsp3) is 0.462. The first-order valence-electron chi connectivity index (χ1n) is 6.21. The Labute approximate surface area is 131 Å². The quantitative estimate of drug-likeness (QED) is 0.473. The molecule has 0 aliphatic carbocycles. The SMILES string of the molecule is CCC(CC)(CBr)NC(=O)c1cc(Cl)cc([N+](=O)[O-])c1. The van der Waals surface area contributed by atoms with Gasteiger partial charge in [0.1, 0.15) is 0 Å². The highest BCUT2D eigenvalue weighted by molar-refractivity contribution is 9.09. The van der Waals surface area contributed by atoms with E-state index in [0.717, 1.165) is 12.8 Å². The smallest absolute Gasteiger partial charge is 0.271 e. The molecule has 0 bridgehead atoms. The van der Waals surface area contributed by atoms with E-state index in [2.05, 4.69) is 21.2 Å². The fourth-order valence-electron chi connectivity index (χ4n) is 1.77. The first-order chi connectivity index (χ1) is 9.37. The number of nitrogens with zero attached hydrogens (tertiary/aromatic N) is 1. The summed E-state index contributed by atoms with van der Waals surface area (Å²) in [5.74, 6) is -0.362. The average molecular weight is 364 g/mol. The summed E-state index contributed by atoms with van der Waals surface area (Å²) in [5.41, 5.74) is -0.370. The highest BCUT2D eigenvalue weighted by Crippen LogP contribution is 2.23. The molecule has 0 saturated carbocycles. The Kier molecular flexibility index (Phi) is 5.95. The number of nitro groups is 1. The minimum Gasteiger partial charge on any atom is -0.346 e. The van der Waals surface area contributed by atoms with E-state index in [-0.39, 0.29) is 27.7 Å². The van der Waals surface area contributed by atoms with Crippen molar-refractivity contribution in [3.8, 4) is 0 Å². The molecule has 5 nitrogen and oxygen atoms in total. The van der Waals surface area contributed by atoms with Crippen molar-refractivity contribution in [2.75, 3.05) is 5.33 Å². The number of benzene rings is 1. The minimum absolute atomic E-state index is 0.168. The molecule has 1 aromatic rings. The Bertz CT molecular complexity index is 510. The second-order valence-electron chi connectivity index (χ2n) is 4.53. The summed E-state index contributed by atoms with van der Waals surface area (Å²) in [6.07, 6.45) is 1.51. The van der Waals surface area contributed by atoms with Gasteiger partial charge in [0.15, 0.2) is 0 Å². The van der Waals surface area contributed by atoms with Crippen LogP contribution >= 0.6 is 27.5 Å². The molecule has 0 heterocycles. The molecule has 1 rings (SSSR count). The van der Waals surface area contributed by atoms with Gasteiger partial charge in [-0.3, -0.25) is 14.9 Å². The summed E-state index contributed by atoms with van der Waals surface area (Å²) in [5, 5.41) is 14.5. The molecule has 0 aromatic heterocycles. The fourth-order valence-corrected chi connectivity index (χ4v) is 2.94. The molecule has 1 aromatic carbocycles. The number of hydrogen-bond donors (Lipinski definition) is 1. The molecule has 0 aliphatic rings. The third-order valence-electron chi connectivity index (χ3n) is 3.34. The van der Waals surface area contributed by atoms with Crippen molar-refractivity contribution in [1.82, 2.24) is 5.32 Å². The van der Waals surface area contributed by atoms with Crippen molar-refractivity contribution in [2.45, 2.75) is 32.2 Å². The van der Waals surface area contributed by atoms with E-state index in [4.69, 9.17) is 11.6 Å². The lowest BCUT2D eigenvalue weighted by Gasteiger charge is -2.30. The summed E-state index contributed by atoms with van der Waals surface area (Å²) in [6.45, 7) is 3.96. The number of nitro benzene ring substituents is 1. The lowest BCUT2D eigenvalue weighted by molar-refractivity contribution is -0.384. The molecular formula is C13H16BrClN2O3. The molecule has 1 N–H and O–H groups in total. The third kappa shape index (κ3) is 3.93. The standard InChI is InChI=1S/C13H16BrClN2O3/c1-3-13(4-2,8-14)16-12(18)9-5-10(15)7-11(6-9)17(19)20/h5-7H,3-4,8H2,1-2H3,(H,16,18). The summed E-state index contributed by atoms with van der Waals surface area (Å²) in [6, 6.07) is 3.87. The molecule has 1 amide bonds. The number of amides is 1. The van der Waals surface area contributed by atoms with E-state index in [0.29, 0.717) is 5.33 Å². The maximum atomic E-state index is 12.3. The van der Waals surface area contributed by atoms with Crippen molar-refractivity contribution in [3.05, 3.63) is 38.9 Å². The molecule has 110 valence electrons. The van der Waals surface area contributed by atoms with Crippen molar-refractivity contribution in [3.63, 3.8) is 0 Å². The van der Waals surface area contributed by atoms with Crippen LogP contribution in [0.1, 0.15) is 37.0 Å². The van der Waals surface area contributed by atoms with Crippen molar-refractivity contribution >= 4 is 39.1 Å². The Morgan fingerprint density at radius 3 is 2.45 bits per heavy atom. The normalized spacial score (nSPS) is 11.2. The number of rotatable bonds is 6. The maximum Gasteiger partial charge on any atom is 0.271 e. The van der Waals surface area contributed by atoms with E-state index in [1.165, 1.54) is 18.2 Å². The maximum absolute atomic E-state index is 12.3. The van der Waals surface area contributed by atoms with Gasteiger partial charge in [-0.1, -0.05) is 41.4 Å². The number of halogens is 2. The van der Waals surface area contributed by atoms with Crippen molar-refractivity contribution in [1.29, 1.82) is 0 Å². The summed E-state index contributed by atoms with van der Waals surface area (Å²) < 4.78 is 0. The van der Waals surface area contributed by atoms with Crippen LogP contribution in [-0.2, 0) is 0 Å². The molecule has 0 spiro atoms. The Balaban J connectivity index is 3.06. The van der Waals surface area contributed by atoms with Gasteiger partial charge in [-0.2, -0.15) is 0 Å². The topological polar surface area (TPSA) is 72.2 Å². The Morgan fingerprint density at radius 2 is 2.00 bits per heavy atom. The summed E-state index contributed by atoms with van der Waals surface area (Å²) in [7, 11) is 0. The molecule has 7 heteroatoms. The van der Waals surface area contributed by atoms with Crippen LogP contribution in [0, 0.1) is 10.1 Å². The van der Waals surface area contributed by atoms with Gasteiger partial charge in [-0.25, -0.2) is 0 Å². The van der Waals surface area contributed by atoms with Gasteiger partial charge in [0.25, 0.3) is 11.6 Å². The summed E-state index contributed by atoms with van der Waals surface area (Å²) >= 11 is 9.21. The van der Waals surface area contributed by atoms with Gasteiger partial charge in [-0.05, 0) is 18.9 Å². The second-order valence-corrected chi connectivity index (χ2v) is 5.53. The third-order valence-corrected chi connectivity index (χ3v) is 4.64. The molecule has 0 fully saturated rings. The zero-order valence-corrected chi connectivity index (χ0v) is 13.6. The lowest BCUT2D eigenvalue weighted by Crippen LogP contribution is -2.49. The zero-order valence-electron chi connectivity index (χ0n) is 11.3. The molecule has 0 aliphatic heterocycles. The van der Waals surface area contributed by atoms with Gasteiger partial charge in [0.05, 0.1) is 4.92 Å². The monoisotopic (exact) mass is 362 g/mol. The van der Waals surface area contributed by atoms with Gasteiger partial charge >= 0.3 is 0 Å². The average Bonchev–Trinajstić information content (AvgIpc) is 2.44. The molecule has 0 saturated heterocycles. The molecule has 0 radical (unpaired) electrons. The number of carbonyl (C=O) groups excluding carboxylic acids is 1. The van der Waals surface area contributed by atoms with Crippen LogP contribution in [0.25, 0.3) is 0 Å². The number of carbonyl (C=O) groups is 1. The van der Waals surface area contributed by atoms with Crippen LogP contribution in [0.5, 0.6) is 0 Å². The highest BCUT2D eigenvalue weighted by Gasteiger charge is 2.27. The zero-order chi connectivity index (χ0) is 15.3. The largest absolute Gasteiger partial charge is 0.346 e. The number of nitrogens with one attached hydrogen (secondary N) is 1. The van der Waals surface area contributed by atoms with E-state index < -0.39 is 4.92 Å². The number of alkyl halides is 1. The Hall–Kier alpha value is -1.14. The van der Waals surface area contributed by atoms with Crippen LogP contribution in [0.15, 0.2) is 18.2 Å². The first kappa shape index (κ1) is 16.9. The van der Waals surface area contributed by atoms with Crippen LogP contribution in [0.4, 0.5) is 5.69 Å². The van der Waals surface area contributed by atoms with Gasteiger partial charge in [0, 0.05) is 33.6 Å². The predicted molar refractivity (Wildman–Crippen MR) is 82.7 cm³/mol. The Morgan fingerprint density at radius 1 is 1.40 bits per heavy atom. The minimum atomic E-state index is -0.569. The number of non-ortho nitro benzene ring substituents is 1.